The van der Waals surface area contributed by atoms with Crippen LogP contribution in [0.4, 0.5) is 0 Å². The van der Waals surface area contributed by atoms with Gasteiger partial charge in [0.15, 0.2) is 0 Å². The molecule has 1 N–H and O–H groups in total. The zero-order valence-electron chi connectivity index (χ0n) is 8.40. The summed E-state index contributed by atoms with van der Waals surface area (Å²) in [4.78, 5) is 22.3. The number of methoxy groups -OCH3 is 1. The van der Waals surface area contributed by atoms with Crippen LogP contribution < -0.4 is 4.74 Å². The van der Waals surface area contributed by atoms with E-state index in [2.05, 4.69) is 4.74 Å². The summed E-state index contributed by atoms with van der Waals surface area (Å²) in [6.07, 6.45) is 0. The summed E-state index contributed by atoms with van der Waals surface area (Å²) in [6.45, 7) is 0. The molecule has 1 aromatic carbocycles. The van der Waals surface area contributed by atoms with Gasteiger partial charge in [-0.25, -0.2) is 4.79 Å². The van der Waals surface area contributed by atoms with Gasteiger partial charge < -0.3 is 14.6 Å². The molecule has 0 unspecified atom stereocenters. The lowest BCUT2D eigenvalue weighted by atomic mass is 10.2. The quantitative estimate of drug-likeness (QED) is 0.493. The van der Waals surface area contributed by atoms with Gasteiger partial charge in [-0.1, -0.05) is 6.07 Å². The Balaban J connectivity index is 3.12. The van der Waals surface area contributed by atoms with E-state index in [0.717, 1.165) is 7.11 Å². The molecule has 0 aliphatic carbocycles. The lowest BCUT2D eigenvalue weighted by Crippen LogP contribution is -2.13. The minimum absolute atomic E-state index is 0.0856. The molecule has 0 aliphatic heterocycles. The summed E-state index contributed by atoms with van der Waals surface area (Å²) in [7, 11) is 1.15. The van der Waals surface area contributed by atoms with E-state index in [1.54, 1.807) is 0 Å². The van der Waals surface area contributed by atoms with E-state index >= 15 is 0 Å². The highest BCUT2D eigenvalue weighted by Gasteiger charge is 2.19. The monoisotopic (exact) mass is 244 g/mol. The summed E-state index contributed by atoms with van der Waals surface area (Å²) in [5.74, 6) is -2.28. The van der Waals surface area contributed by atoms with E-state index in [-0.39, 0.29) is 22.9 Å². The number of halogens is 1. The van der Waals surface area contributed by atoms with Crippen LogP contribution in [-0.4, -0.2) is 30.0 Å². The predicted molar refractivity (Wildman–Crippen MR) is 55.8 cm³/mol. The Bertz CT molecular complexity index is 416. The number of rotatable bonds is 3. The summed E-state index contributed by atoms with van der Waals surface area (Å²) >= 11 is 5.25. The van der Waals surface area contributed by atoms with E-state index in [1.807, 2.05) is 0 Å². The van der Waals surface area contributed by atoms with Crippen LogP contribution in [-0.2, 0) is 9.53 Å². The maximum atomic E-state index is 11.3. The Labute approximate surface area is 96.5 Å². The van der Waals surface area contributed by atoms with Gasteiger partial charge >= 0.3 is 11.9 Å². The van der Waals surface area contributed by atoms with Crippen molar-refractivity contribution in [2.24, 2.45) is 0 Å². The molecule has 0 fully saturated rings. The molecular weight excluding hydrogens is 236 g/mol. The van der Waals surface area contributed by atoms with Crippen molar-refractivity contribution in [2.45, 2.75) is 0 Å². The molecule has 0 amide bonds. The average Bonchev–Trinajstić information content (AvgIpc) is 2.28. The first kappa shape index (κ1) is 12.3. The normalized spacial score (nSPS) is 9.62. The maximum absolute atomic E-state index is 11.3. The molecule has 0 aromatic heterocycles. The molecule has 16 heavy (non-hydrogen) atoms. The molecule has 0 aliphatic rings. The minimum atomic E-state index is -0.796. The van der Waals surface area contributed by atoms with Crippen molar-refractivity contribution in [3.05, 3.63) is 23.8 Å². The molecule has 86 valence electrons. The summed E-state index contributed by atoms with van der Waals surface area (Å²) in [5, 5.41) is 9.45. The molecule has 1 aromatic rings. The van der Waals surface area contributed by atoms with Crippen molar-refractivity contribution in [2.75, 3.05) is 13.0 Å². The highest BCUT2D eigenvalue weighted by Crippen LogP contribution is 2.28. The molecule has 0 saturated heterocycles. The fourth-order valence-corrected chi connectivity index (χ4v) is 1.12. The average molecular weight is 245 g/mol. The Kier molecular flexibility index (Phi) is 4.13. The smallest absolute Gasteiger partial charge is 0.345 e. The standard InChI is InChI=1S/C10H9ClO5/c1-15-10(14)9-6(12)3-2-4-7(9)16-8(13)5-11/h2-4,12H,5H2,1H3. The molecule has 0 bridgehead atoms. The number of carbonyl (C=O) groups is 2. The second-order valence-electron chi connectivity index (χ2n) is 2.75. The first-order valence-corrected chi connectivity index (χ1v) is 4.80. The zero-order valence-corrected chi connectivity index (χ0v) is 9.15. The molecule has 0 spiro atoms. The molecule has 0 heterocycles. The Hall–Kier alpha value is -1.75. The van der Waals surface area contributed by atoms with Crippen LogP contribution in [0.5, 0.6) is 11.5 Å². The van der Waals surface area contributed by atoms with Crippen LogP contribution in [0, 0.1) is 0 Å². The van der Waals surface area contributed by atoms with Crippen LogP contribution in [0.2, 0.25) is 0 Å². The summed E-state index contributed by atoms with van der Waals surface area (Å²) in [5.41, 5.74) is -0.205. The van der Waals surface area contributed by atoms with Crippen LogP contribution in [0.3, 0.4) is 0 Å². The van der Waals surface area contributed by atoms with Crippen molar-refractivity contribution in [1.82, 2.24) is 0 Å². The molecule has 1 rings (SSSR count). The molecule has 6 heteroatoms. The first-order valence-electron chi connectivity index (χ1n) is 4.27. The van der Waals surface area contributed by atoms with Gasteiger partial charge in [0.25, 0.3) is 0 Å². The van der Waals surface area contributed by atoms with Gasteiger partial charge in [0.1, 0.15) is 22.9 Å². The van der Waals surface area contributed by atoms with E-state index in [1.165, 1.54) is 18.2 Å². The number of ether oxygens (including phenoxy) is 2. The Morgan fingerprint density at radius 1 is 1.44 bits per heavy atom. The predicted octanol–water partition coefficient (Wildman–Crippen LogP) is 1.32. The topological polar surface area (TPSA) is 72.8 Å². The van der Waals surface area contributed by atoms with Gasteiger partial charge in [-0.05, 0) is 12.1 Å². The number of esters is 2. The van der Waals surface area contributed by atoms with Gasteiger partial charge in [0.2, 0.25) is 0 Å². The van der Waals surface area contributed by atoms with E-state index in [9.17, 15) is 14.7 Å². The summed E-state index contributed by atoms with van der Waals surface area (Å²) in [6, 6.07) is 4.07. The van der Waals surface area contributed by atoms with Crippen molar-refractivity contribution < 1.29 is 24.2 Å². The van der Waals surface area contributed by atoms with Crippen molar-refractivity contribution in [1.29, 1.82) is 0 Å². The number of carbonyl (C=O) groups excluding carboxylic acids is 2. The highest BCUT2D eigenvalue weighted by atomic mass is 35.5. The molecule has 0 radical (unpaired) electrons. The SMILES string of the molecule is COC(=O)c1c(O)cccc1OC(=O)CCl. The first-order chi connectivity index (χ1) is 7.60. The van der Waals surface area contributed by atoms with Gasteiger partial charge in [0.05, 0.1) is 7.11 Å². The highest BCUT2D eigenvalue weighted by molar-refractivity contribution is 6.26. The third-order valence-corrected chi connectivity index (χ3v) is 1.94. The van der Waals surface area contributed by atoms with Gasteiger partial charge in [0, 0.05) is 0 Å². The molecule has 0 atom stereocenters. The zero-order chi connectivity index (χ0) is 12.1. The van der Waals surface area contributed by atoms with E-state index < -0.39 is 11.9 Å². The number of aromatic hydroxyl groups is 1. The van der Waals surface area contributed by atoms with Crippen molar-refractivity contribution in [3.63, 3.8) is 0 Å². The van der Waals surface area contributed by atoms with Crippen molar-refractivity contribution >= 4 is 23.5 Å². The van der Waals surface area contributed by atoms with Gasteiger partial charge in [-0.15, -0.1) is 11.6 Å². The second kappa shape index (κ2) is 5.37. The third-order valence-electron chi connectivity index (χ3n) is 1.73. The number of phenols is 1. The van der Waals surface area contributed by atoms with Crippen LogP contribution in [0.25, 0.3) is 0 Å². The lowest BCUT2D eigenvalue weighted by Gasteiger charge is -2.08. The van der Waals surface area contributed by atoms with Crippen molar-refractivity contribution in [3.8, 4) is 11.5 Å². The van der Waals surface area contributed by atoms with Gasteiger partial charge in [-0.3, -0.25) is 4.79 Å². The summed E-state index contributed by atoms with van der Waals surface area (Å²) < 4.78 is 9.22. The number of benzene rings is 1. The molecular formula is C10H9ClO5. The molecule has 5 nitrogen and oxygen atoms in total. The van der Waals surface area contributed by atoms with E-state index in [0.29, 0.717) is 0 Å². The fraction of sp³-hybridized carbons (Fsp3) is 0.200. The van der Waals surface area contributed by atoms with Crippen LogP contribution in [0.1, 0.15) is 10.4 Å². The fourth-order valence-electron chi connectivity index (χ4n) is 1.06. The second-order valence-corrected chi connectivity index (χ2v) is 3.02. The number of alkyl halides is 1. The third kappa shape index (κ3) is 2.64. The van der Waals surface area contributed by atoms with Gasteiger partial charge in [-0.2, -0.15) is 0 Å². The van der Waals surface area contributed by atoms with Crippen LogP contribution in [0.15, 0.2) is 18.2 Å². The number of hydrogen-bond donors (Lipinski definition) is 1. The number of hydrogen-bond acceptors (Lipinski definition) is 5. The Morgan fingerprint density at radius 3 is 2.69 bits per heavy atom. The van der Waals surface area contributed by atoms with Crippen LogP contribution >= 0.6 is 11.6 Å². The minimum Gasteiger partial charge on any atom is -0.507 e. The maximum Gasteiger partial charge on any atom is 0.345 e. The van der Waals surface area contributed by atoms with E-state index in [4.69, 9.17) is 16.3 Å². The Morgan fingerprint density at radius 2 is 2.12 bits per heavy atom. The number of phenolic OH excluding ortho intramolecular Hbond substituents is 1. The molecule has 0 saturated carbocycles. The lowest BCUT2D eigenvalue weighted by molar-refractivity contribution is -0.131. The largest absolute Gasteiger partial charge is 0.507 e.